The van der Waals surface area contributed by atoms with Gasteiger partial charge in [0.15, 0.2) is 0 Å². The summed E-state index contributed by atoms with van der Waals surface area (Å²) in [6, 6.07) is 0. The van der Waals surface area contributed by atoms with Crippen molar-refractivity contribution < 1.29 is 10.2 Å². The predicted octanol–water partition coefficient (Wildman–Crippen LogP) is 2.89. The first kappa shape index (κ1) is 13.1. The molecule has 0 saturated heterocycles. The van der Waals surface area contributed by atoms with Gasteiger partial charge in [0.2, 0.25) is 0 Å². The maximum absolute atomic E-state index is 10.2. The molecule has 0 radical (unpaired) electrons. The van der Waals surface area contributed by atoms with Crippen LogP contribution in [0.1, 0.15) is 52.9 Å². The molecule has 2 bridgehead atoms. The van der Waals surface area contributed by atoms with E-state index in [9.17, 15) is 10.2 Å². The van der Waals surface area contributed by atoms with Gasteiger partial charge >= 0.3 is 0 Å². The first-order chi connectivity index (χ1) is 7.81. The van der Waals surface area contributed by atoms with Gasteiger partial charge in [0.25, 0.3) is 0 Å². The van der Waals surface area contributed by atoms with Gasteiger partial charge in [-0.2, -0.15) is 0 Å². The molecular weight excluding hydrogens is 212 g/mol. The fraction of sp³-hybridized carbons (Fsp3) is 0.867. The van der Waals surface area contributed by atoms with E-state index in [4.69, 9.17) is 0 Å². The second-order valence-corrected chi connectivity index (χ2v) is 6.72. The summed E-state index contributed by atoms with van der Waals surface area (Å²) in [4.78, 5) is 0. The minimum Gasteiger partial charge on any atom is -0.393 e. The van der Waals surface area contributed by atoms with Crippen LogP contribution in [0.2, 0.25) is 0 Å². The Morgan fingerprint density at radius 3 is 2.53 bits per heavy atom. The van der Waals surface area contributed by atoms with Gasteiger partial charge < -0.3 is 10.2 Å². The van der Waals surface area contributed by atoms with Gasteiger partial charge in [-0.25, -0.2) is 0 Å². The first-order valence-corrected chi connectivity index (χ1v) is 6.83. The van der Waals surface area contributed by atoms with Crippen molar-refractivity contribution in [3.8, 4) is 0 Å². The number of hydrogen-bond donors (Lipinski definition) is 2. The van der Waals surface area contributed by atoms with Crippen LogP contribution in [-0.2, 0) is 0 Å². The molecule has 0 spiro atoms. The van der Waals surface area contributed by atoms with E-state index in [2.05, 4.69) is 20.4 Å². The molecule has 2 N–H and O–H groups in total. The predicted molar refractivity (Wildman–Crippen MR) is 69.6 cm³/mol. The molecule has 5 unspecified atom stereocenters. The summed E-state index contributed by atoms with van der Waals surface area (Å²) < 4.78 is 0. The van der Waals surface area contributed by atoms with Gasteiger partial charge in [-0.15, -0.1) is 0 Å². The van der Waals surface area contributed by atoms with Crippen LogP contribution in [0.25, 0.3) is 0 Å². The Morgan fingerprint density at radius 1 is 1.47 bits per heavy atom. The summed E-state index contributed by atoms with van der Waals surface area (Å²) in [5.74, 6) is 0.639. The number of fused-ring (bicyclic) bond motifs is 2. The third-order valence-electron chi connectivity index (χ3n) is 5.97. The Labute approximate surface area is 105 Å². The highest BCUT2D eigenvalue weighted by atomic mass is 16.3. The summed E-state index contributed by atoms with van der Waals surface area (Å²) in [5, 5.41) is 20.1. The Bertz CT molecular complexity index is 325. The zero-order chi connectivity index (χ0) is 12.8. The van der Waals surface area contributed by atoms with Crippen molar-refractivity contribution in [1.82, 2.24) is 0 Å². The zero-order valence-corrected chi connectivity index (χ0v) is 11.4. The lowest BCUT2D eigenvalue weighted by atomic mass is 9.65. The Hall–Kier alpha value is -0.340. The molecule has 0 amide bonds. The molecule has 5 atom stereocenters. The standard InChI is InChI=1S/C15H26O2/c1-10(2)12(16)6-8-14(3)11-5-7-15(14,4)13(17)9-11/h11-13,16-17H,1,5-9H2,2-4H3. The minimum absolute atomic E-state index is 0.0620. The quantitative estimate of drug-likeness (QED) is 0.739. The average molecular weight is 238 g/mol. The van der Waals surface area contributed by atoms with Crippen LogP contribution < -0.4 is 0 Å². The third kappa shape index (κ3) is 1.77. The average Bonchev–Trinajstić information content (AvgIpc) is 2.61. The smallest absolute Gasteiger partial charge is 0.0745 e. The molecule has 2 aliphatic rings. The molecule has 17 heavy (non-hydrogen) atoms. The molecule has 2 fully saturated rings. The van der Waals surface area contributed by atoms with Gasteiger partial charge in [-0.1, -0.05) is 26.0 Å². The van der Waals surface area contributed by atoms with Crippen molar-refractivity contribution in [3.63, 3.8) is 0 Å². The molecule has 0 heterocycles. The summed E-state index contributed by atoms with van der Waals surface area (Å²) in [5.41, 5.74) is 1.11. The Kier molecular flexibility index (Phi) is 3.16. The van der Waals surface area contributed by atoms with Gasteiger partial charge in [0.05, 0.1) is 12.2 Å². The summed E-state index contributed by atoms with van der Waals surface area (Å²) in [6.45, 7) is 10.2. The normalized spacial score (nSPS) is 46.2. The molecular formula is C15H26O2. The molecule has 0 aromatic rings. The topological polar surface area (TPSA) is 40.5 Å². The Balaban J connectivity index is 2.07. The highest BCUT2D eigenvalue weighted by Crippen LogP contribution is 2.67. The molecule has 0 aromatic heterocycles. The number of aliphatic hydroxyl groups excluding tert-OH is 2. The fourth-order valence-electron chi connectivity index (χ4n) is 4.17. The van der Waals surface area contributed by atoms with Crippen LogP contribution in [0.4, 0.5) is 0 Å². The van der Waals surface area contributed by atoms with Crippen LogP contribution in [0.3, 0.4) is 0 Å². The fourth-order valence-corrected chi connectivity index (χ4v) is 4.17. The zero-order valence-electron chi connectivity index (χ0n) is 11.4. The van der Waals surface area contributed by atoms with Crippen LogP contribution in [0.15, 0.2) is 12.2 Å². The molecule has 2 heteroatoms. The van der Waals surface area contributed by atoms with Crippen LogP contribution in [0.5, 0.6) is 0 Å². The van der Waals surface area contributed by atoms with Crippen molar-refractivity contribution >= 4 is 0 Å². The monoisotopic (exact) mass is 238 g/mol. The molecule has 0 aliphatic heterocycles. The minimum atomic E-state index is -0.382. The maximum Gasteiger partial charge on any atom is 0.0745 e. The van der Waals surface area contributed by atoms with E-state index in [-0.39, 0.29) is 23.0 Å². The van der Waals surface area contributed by atoms with Gasteiger partial charge in [-0.3, -0.25) is 0 Å². The molecule has 2 saturated carbocycles. The van der Waals surface area contributed by atoms with Gasteiger partial charge in [-0.05, 0) is 55.8 Å². The lowest BCUT2D eigenvalue weighted by molar-refractivity contribution is -0.00321. The second-order valence-electron chi connectivity index (χ2n) is 6.72. The number of rotatable bonds is 4. The first-order valence-electron chi connectivity index (χ1n) is 6.83. The van der Waals surface area contributed by atoms with Crippen molar-refractivity contribution in [2.24, 2.45) is 16.7 Å². The lowest BCUT2D eigenvalue weighted by Gasteiger charge is -2.40. The molecule has 98 valence electrons. The SMILES string of the molecule is C=C(C)C(O)CCC1(C)C2CCC1(C)C(O)C2. The lowest BCUT2D eigenvalue weighted by Crippen LogP contribution is -2.38. The summed E-state index contributed by atoms with van der Waals surface area (Å²) in [6.07, 6.45) is 4.59. The van der Waals surface area contributed by atoms with Crippen molar-refractivity contribution in [2.45, 2.75) is 65.1 Å². The number of aliphatic hydroxyl groups is 2. The van der Waals surface area contributed by atoms with E-state index in [1.807, 2.05) is 6.92 Å². The molecule has 2 aliphatic carbocycles. The van der Waals surface area contributed by atoms with E-state index in [0.717, 1.165) is 31.3 Å². The van der Waals surface area contributed by atoms with Crippen molar-refractivity contribution in [1.29, 1.82) is 0 Å². The second kappa shape index (κ2) is 4.10. The Morgan fingerprint density at radius 2 is 2.12 bits per heavy atom. The van der Waals surface area contributed by atoms with E-state index < -0.39 is 0 Å². The van der Waals surface area contributed by atoms with Gasteiger partial charge in [0.1, 0.15) is 0 Å². The van der Waals surface area contributed by atoms with Crippen LogP contribution >= 0.6 is 0 Å². The summed E-state index contributed by atoms with van der Waals surface area (Å²) in [7, 11) is 0. The third-order valence-corrected chi connectivity index (χ3v) is 5.97. The van der Waals surface area contributed by atoms with E-state index in [1.165, 1.54) is 6.42 Å². The van der Waals surface area contributed by atoms with E-state index >= 15 is 0 Å². The van der Waals surface area contributed by atoms with Crippen LogP contribution in [-0.4, -0.2) is 22.4 Å². The van der Waals surface area contributed by atoms with E-state index in [0.29, 0.717) is 5.92 Å². The maximum atomic E-state index is 10.2. The number of hydrogen-bond acceptors (Lipinski definition) is 2. The highest BCUT2D eigenvalue weighted by Gasteiger charge is 2.62. The molecule has 0 aromatic carbocycles. The molecule has 2 rings (SSSR count). The van der Waals surface area contributed by atoms with Crippen LogP contribution in [0, 0.1) is 16.7 Å². The van der Waals surface area contributed by atoms with E-state index in [1.54, 1.807) is 0 Å². The van der Waals surface area contributed by atoms with Gasteiger partial charge in [0, 0.05) is 0 Å². The van der Waals surface area contributed by atoms with Crippen molar-refractivity contribution in [3.05, 3.63) is 12.2 Å². The summed E-state index contributed by atoms with van der Waals surface area (Å²) >= 11 is 0. The molecule has 2 nitrogen and oxygen atoms in total. The highest BCUT2D eigenvalue weighted by molar-refractivity contribution is 5.12. The van der Waals surface area contributed by atoms with Crippen molar-refractivity contribution in [2.75, 3.05) is 0 Å². The largest absolute Gasteiger partial charge is 0.393 e.